The van der Waals surface area contributed by atoms with Gasteiger partial charge < -0.3 is 14.5 Å². The van der Waals surface area contributed by atoms with Crippen molar-refractivity contribution in [1.29, 1.82) is 0 Å². The molecule has 1 unspecified atom stereocenters. The smallest absolute Gasteiger partial charge is 0.316 e. The van der Waals surface area contributed by atoms with Crippen LogP contribution in [0.4, 0.5) is 0 Å². The van der Waals surface area contributed by atoms with Gasteiger partial charge in [-0.25, -0.2) is 15.0 Å². The van der Waals surface area contributed by atoms with Gasteiger partial charge in [0.25, 0.3) is 0 Å². The van der Waals surface area contributed by atoms with E-state index in [9.17, 15) is 0 Å². The topological polar surface area (TPSA) is 76.2 Å². The van der Waals surface area contributed by atoms with E-state index < -0.39 is 0 Å². The Morgan fingerprint density at radius 1 is 1.33 bits per heavy atom. The molecule has 3 heterocycles. The summed E-state index contributed by atoms with van der Waals surface area (Å²) >= 11 is 0. The van der Waals surface area contributed by atoms with Gasteiger partial charge in [-0.05, 0) is 6.92 Å². The summed E-state index contributed by atoms with van der Waals surface area (Å²) < 4.78 is 10.8. The van der Waals surface area contributed by atoms with Crippen LogP contribution in [0.15, 0.2) is 18.6 Å². The quantitative estimate of drug-likeness (QED) is 0.908. The summed E-state index contributed by atoms with van der Waals surface area (Å²) in [4.78, 5) is 18.2. The Hall–Kier alpha value is -1.99. The van der Waals surface area contributed by atoms with Gasteiger partial charge in [-0.15, -0.1) is 0 Å². The second-order valence-electron chi connectivity index (χ2n) is 5.12. The summed E-state index contributed by atoms with van der Waals surface area (Å²) in [7, 11) is 1.56. The summed E-state index contributed by atoms with van der Waals surface area (Å²) in [5.74, 6) is 0.892. The fourth-order valence-electron chi connectivity index (χ4n) is 2.40. The van der Waals surface area contributed by atoms with Crippen LogP contribution in [0.5, 0.6) is 6.01 Å². The Morgan fingerprint density at radius 2 is 2.14 bits per heavy atom. The lowest BCUT2D eigenvalue weighted by atomic mass is 10.2. The van der Waals surface area contributed by atoms with E-state index in [2.05, 4.69) is 24.8 Å². The number of H-pyrrole nitrogens is 1. The highest BCUT2D eigenvalue weighted by atomic mass is 16.5. The van der Waals surface area contributed by atoms with Crippen molar-refractivity contribution in [2.75, 3.05) is 26.8 Å². The minimum absolute atomic E-state index is 0.00776. The molecule has 1 aliphatic rings. The van der Waals surface area contributed by atoms with Crippen LogP contribution < -0.4 is 4.74 Å². The summed E-state index contributed by atoms with van der Waals surface area (Å²) in [5, 5.41) is 0. The zero-order valence-corrected chi connectivity index (χ0v) is 12.2. The van der Waals surface area contributed by atoms with E-state index in [1.54, 1.807) is 19.5 Å². The number of ether oxygens (including phenoxy) is 2. The van der Waals surface area contributed by atoms with Crippen molar-refractivity contribution in [3.8, 4) is 6.01 Å². The van der Waals surface area contributed by atoms with Crippen LogP contribution in [0, 0.1) is 6.92 Å². The molecule has 0 amide bonds. The third-order valence-corrected chi connectivity index (χ3v) is 3.45. The van der Waals surface area contributed by atoms with E-state index in [4.69, 9.17) is 9.47 Å². The van der Waals surface area contributed by atoms with Gasteiger partial charge in [0.05, 0.1) is 13.7 Å². The molecule has 2 aromatic heterocycles. The minimum Gasteiger partial charge on any atom is -0.467 e. The zero-order valence-electron chi connectivity index (χ0n) is 12.2. The first-order chi connectivity index (χ1) is 10.2. The first-order valence-corrected chi connectivity index (χ1v) is 6.95. The van der Waals surface area contributed by atoms with Crippen molar-refractivity contribution < 1.29 is 9.47 Å². The molecule has 1 aliphatic heterocycles. The van der Waals surface area contributed by atoms with Gasteiger partial charge in [-0.2, -0.15) is 0 Å². The molecule has 7 nitrogen and oxygen atoms in total. The average Bonchev–Trinajstić information content (AvgIpc) is 2.95. The number of imidazole rings is 1. The Labute approximate surface area is 123 Å². The lowest BCUT2D eigenvalue weighted by molar-refractivity contribution is -0.0369. The van der Waals surface area contributed by atoms with E-state index in [1.165, 1.54) is 0 Å². The van der Waals surface area contributed by atoms with Gasteiger partial charge in [0, 0.05) is 49.5 Å². The molecule has 0 saturated carbocycles. The van der Waals surface area contributed by atoms with Crippen LogP contribution >= 0.6 is 0 Å². The molecular formula is C14H19N5O2. The van der Waals surface area contributed by atoms with Crippen molar-refractivity contribution in [3.05, 3.63) is 35.7 Å². The highest BCUT2D eigenvalue weighted by Gasteiger charge is 2.24. The maximum Gasteiger partial charge on any atom is 0.316 e. The molecule has 1 saturated heterocycles. The monoisotopic (exact) mass is 289 g/mol. The second-order valence-corrected chi connectivity index (χ2v) is 5.12. The zero-order chi connectivity index (χ0) is 14.7. The first kappa shape index (κ1) is 14.0. The van der Waals surface area contributed by atoms with Gasteiger partial charge in [0.2, 0.25) is 0 Å². The van der Waals surface area contributed by atoms with Crippen LogP contribution in [-0.4, -0.2) is 51.6 Å². The highest BCUT2D eigenvalue weighted by molar-refractivity contribution is 5.08. The predicted octanol–water partition coefficient (Wildman–Crippen LogP) is 1.09. The summed E-state index contributed by atoms with van der Waals surface area (Å²) in [6.45, 7) is 5.18. The third-order valence-electron chi connectivity index (χ3n) is 3.45. The Morgan fingerprint density at radius 3 is 2.81 bits per heavy atom. The molecule has 0 radical (unpaired) electrons. The molecule has 0 bridgehead atoms. The number of nitrogens with one attached hydrogen (secondary N) is 1. The SMILES string of the molecule is COc1ncc(CN2CCOC(c3ncc(C)[nH]3)C2)cn1. The van der Waals surface area contributed by atoms with E-state index in [0.29, 0.717) is 12.6 Å². The van der Waals surface area contributed by atoms with Crippen molar-refractivity contribution in [2.45, 2.75) is 19.6 Å². The van der Waals surface area contributed by atoms with Crippen molar-refractivity contribution in [3.63, 3.8) is 0 Å². The van der Waals surface area contributed by atoms with Crippen molar-refractivity contribution in [2.24, 2.45) is 0 Å². The number of aromatic amines is 1. The standard InChI is InChI=1S/C14H19N5O2/c1-10-5-15-13(18-10)12-9-19(3-4-21-12)8-11-6-16-14(20-2)17-7-11/h5-7,12H,3-4,8-9H2,1-2H3,(H,15,18). The summed E-state index contributed by atoms with van der Waals surface area (Å²) in [6, 6.07) is 0.393. The van der Waals surface area contributed by atoms with E-state index >= 15 is 0 Å². The largest absolute Gasteiger partial charge is 0.467 e. The number of hydrogen-bond acceptors (Lipinski definition) is 6. The van der Waals surface area contributed by atoms with Crippen LogP contribution in [0.2, 0.25) is 0 Å². The number of nitrogens with zero attached hydrogens (tertiary/aromatic N) is 4. The molecule has 0 aliphatic carbocycles. The molecule has 1 atom stereocenters. The maximum absolute atomic E-state index is 5.80. The molecule has 2 aromatic rings. The number of morpholine rings is 1. The minimum atomic E-state index is -0.00776. The van der Waals surface area contributed by atoms with E-state index in [0.717, 1.165) is 36.7 Å². The molecule has 21 heavy (non-hydrogen) atoms. The number of aromatic nitrogens is 4. The van der Waals surface area contributed by atoms with Gasteiger partial charge in [-0.3, -0.25) is 4.90 Å². The van der Waals surface area contributed by atoms with Gasteiger partial charge >= 0.3 is 6.01 Å². The first-order valence-electron chi connectivity index (χ1n) is 6.95. The lowest BCUT2D eigenvalue weighted by Gasteiger charge is -2.31. The number of aryl methyl sites for hydroxylation is 1. The molecule has 7 heteroatoms. The molecule has 0 spiro atoms. The third kappa shape index (κ3) is 3.37. The Bertz CT molecular complexity index is 583. The second kappa shape index (κ2) is 6.19. The normalized spacial score (nSPS) is 19.6. The van der Waals surface area contributed by atoms with Crippen LogP contribution in [0.25, 0.3) is 0 Å². The predicted molar refractivity (Wildman–Crippen MR) is 75.9 cm³/mol. The van der Waals surface area contributed by atoms with Crippen LogP contribution in [-0.2, 0) is 11.3 Å². The lowest BCUT2D eigenvalue weighted by Crippen LogP contribution is -2.38. The Balaban J connectivity index is 1.62. The van der Waals surface area contributed by atoms with Gasteiger partial charge in [0.1, 0.15) is 11.9 Å². The van der Waals surface area contributed by atoms with Crippen molar-refractivity contribution in [1.82, 2.24) is 24.8 Å². The average molecular weight is 289 g/mol. The molecular weight excluding hydrogens is 270 g/mol. The van der Waals surface area contributed by atoms with Gasteiger partial charge in [0.15, 0.2) is 0 Å². The maximum atomic E-state index is 5.80. The van der Waals surface area contributed by atoms with E-state index in [-0.39, 0.29) is 6.10 Å². The molecule has 1 N–H and O–H groups in total. The summed E-state index contributed by atoms with van der Waals surface area (Å²) in [6.07, 6.45) is 5.42. The number of methoxy groups -OCH3 is 1. The van der Waals surface area contributed by atoms with Gasteiger partial charge in [-0.1, -0.05) is 0 Å². The number of rotatable bonds is 4. The highest BCUT2D eigenvalue weighted by Crippen LogP contribution is 2.20. The Kier molecular flexibility index (Phi) is 4.12. The fourth-order valence-corrected chi connectivity index (χ4v) is 2.40. The number of hydrogen-bond donors (Lipinski definition) is 1. The molecule has 112 valence electrons. The van der Waals surface area contributed by atoms with Crippen LogP contribution in [0.3, 0.4) is 0 Å². The fraction of sp³-hybridized carbons (Fsp3) is 0.500. The van der Waals surface area contributed by atoms with E-state index in [1.807, 2.05) is 13.1 Å². The molecule has 0 aromatic carbocycles. The molecule has 1 fully saturated rings. The molecule has 3 rings (SSSR count). The van der Waals surface area contributed by atoms with Crippen LogP contribution in [0.1, 0.15) is 23.2 Å². The summed E-state index contributed by atoms with van der Waals surface area (Å²) in [5.41, 5.74) is 2.11. The van der Waals surface area contributed by atoms with Crippen molar-refractivity contribution >= 4 is 0 Å².